The molecule has 1 aromatic carbocycles. The number of hydrogen-bond donors (Lipinski definition) is 2. The molecule has 2 aromatic rings. The van der Waals surface area contributed by atoms with Crippen molar-refractivity contribution in [2.45, 2.75) is 19.9 Å². The molecule has 0 saturated carbocycles. The quantitative estimate of drug-likeness (QED) is 0.841. The van der Waals surface area contributed by atoms with Gasteiger partial charge in [0.05, 0.1) is 23.9 Å². The lowest BCUT2D eigenvalue weighted by molar-refractivity contribution is 0.0896. The van der Waals surface area contributed by atoms with Crippen LogP contribution in [0.15, 0.2) is 29.0 Å². The predicted molar refractivity (Wildman–Crippen MR) is 80.0 cm³/mol. The van der Waals surface area contributed by atoms with E-state index in [1.807, 2.05) is 13.8 Å². The Bertz CT molecular complexity index is 615. The zero-order chi connectivity index (χ0) is 15.4. The van der Waals surface area contributed by atoms with Gasteiger partial charge in [0.25, 0.3) is 5.91 Å². The first-order valence-electron chi connectivity index (χ1n) is 6.47. The van der Waals surface area contributed by atoms with Crippen LogP contribution in [-0.2, 0) is 0 Å². The van der Waals surface area contributed by atoms with Crippen LogP contribution in [0.3, 0.4) is 0 Å². The maximum Gasteiger partial charge on any atom is 0.253 e. The van der Waals surface area contributed by atoms with Crippen molar-refractivity contribution in [3.63, 3.8) is 0 Å². The summed E-state index contributed by atoms with van der Waals surface area (Å²) in [5.41, 5.74) is 0.997. The Balaban J connectivity index is 2.34. The molecule has 7 nitrogen and oxygen atoms in total. The standard InChI is InChI=1S/C13H16BrN5O2/c1-8(2)11(6-20)16-13(21)10-5-9(14)3-4-12(10)19-7-15-17-18-19/h3-5,7-8,11,20H,6H2,1-2H3,(H,16,21)/t11-/m0/s1. The molecule has 0 spiro atoms. The number of hydrogen-bond acceptors (Lipinski definition) is 5. The van der Waals surface area contributed by atoms with Crippen molar-refractivity contribution in [2.24, 2.45) is 5.92 Å². The van der Waals surface area contributed by atoms with E-state index >= 15 is 0 Å². The Kier molecular flexibility index (Phi) is 5.03. The van der Waals surface area contributed by atoms with Gasteiger partial charge in [0, 0.05) is 4.47 Å². The molecule has 1 atom stereocenters. The number of nitrogens with zero attached hydrogens (tertiary/aromatic N) is 4. The number of aliphatic hydroxyl groups excluding tert-OH is 1. The Morgan fingerprint density at radius 2 is 2.24 bits per heavy atom. The number of carbonyl (C=O) groups is 1. The summed E-state index contributed by atoms with van der Waals surface area (Å²) >= 11 is 3.35. The van der Waals surface area contributed by atoms with Crippen molar-refractivity contribution in [3.8, 4) is 5.69 Å². The first-order chi connectivity index (χ1) is 10.0. The predicted octanol–water partition coefficient (Wildman–Crippen LogP) is 1.17. The molecular formula is C13H16BrN5O2. The van der Waals surface area contributed by atoms with Crippen LogP contribution in [0.25, 0.3) is 5.69 Å². The fourth-order valence-electron chi connectivity index (χ4n) is 1.83. The summed E-state index contributed by atoms with van der Waals surface area (Å²) in [5, 5.41) is 23.1. The van der Waals surface area contributed by atoms with E-state index in [-0.39, 0.29) is 24.5 Å². The van der Waals surface area contributed by atoms with E-state index in [9.17, 15) is 9.90 Å². The number of aromatic nitrogens is 4. The largest absolute Gasteiger partial charge is 0.394 e. The molecule has 1 aromatic heterocycles. The second kappa shape index (κ2) is 6.77. The van der Waals surface area contributed by atoms with E-state index in [4.69, 9.17) is 0 Å². The Morgan fingerprint density at radius 1 is 1.48 bits per heavy atom. The van der Waals surface area contributed by atoms with Crippen molar-refractivity contribution >= 4 is 21.8 Å². The highest BCUT2D eigenvalue weighted by Crippen LogP contribution is 2.19. The second-order valence-corrected chi connectivity index (χ2v) is 5.84. The van der Waals surface area contributed by atoms with E-state index in [1.54, 1.807) is 18.2 Å². The zero-order valence-corrected chi connectivity index (χ0v) is 13.3. The Hall–Kier alpha value is -1.80. The van der Waals surface area contributed by atoms with Gasteiger partial charge in [-0.2, -0.15) is 4.68 Å². The van der Waals surface area contributed by atoms with Crippen LogP contribution in [0, 0.1) is 5.92 Å². The molecule has 2 N–H and O–H groups in total. The fraction of sp³-hybridized carbons (Fsp3) is 0.385. The number of halogens is 1. The number of nitrogens with one attached hydrogen (secondary N) is 1. The topological polar surface area (TPSA) is 92.9 Å². The lowest BCUT2D eigenvalue weighted by atomic mass is 10.0. The van der Waals surface area contributed by atoms with Gasteiger partial charge in [-0.3, -0.25) is 4.79 Å². The number of benzene rings is 1. The van der Waals surface area contributed by atoms with Gasteiger partial charge in [-0.25, -0.2) is 0 Å². The van der Waals surface area contributed by atoms with Gasteiger partial charge in [0.2, 0.25) is 0 Å². The molecule has 21 heavy (non-hydrogen) atoms. The summed E-state index contributed by atoms with van der Waals surface area (Å²) in [4.78, 5) is 12.5. The average Bonchev–Trinajstić information content (AvgIpc) is 2.98. The molecule has 2 rings (SSSR count). The molecule has 1 heterocycles. The first-order valence-corrected chi connectivity index (χ1v) is 7.27. The minimum atomic E-state index is -0.307. The van der Waals surface area contributed by atoms with Crippen LogP contribution >= 0.6 is 15.9 Å². The lowest BCUT2D eigenvalue weighted by Gasteiger charge is -2.20. The van der Waals surface area contributed by atoms with Gasteiger partial charge < -0.3 is 10.4 Å². The van der Waals surface area contributed by atoms with Gasteiger partial charge in [0.15, 0.2) is 0 Å². The maximum absolute atomic E-state index is 12.5. The van der Waals surface area contributed by atoms with Gasteiger partial charge in [-0.05, 0) is 34.5 Å². The molecule has 0 radical (unpaired) electrons. The van der Waals surface area contributed by atoms with Crippen LogP contribution in [-0.4, -0.2) is 43.9 Å². The number of aliphatic hydroxyl groups is 1. The van der Waals surface area contributed by atoms with E-state index < -0.39 is 0 Å². The zero-order valence-electron chi connectivity index (χ0n) is 11.7. The van der Waals surface area contributed by atoms with Crippen LogP contribution in [0.4, 0.5) is 0 Å². The van der Waals surface area contributed by atoms with Crippen molar-refractivity contribution in [1.29, 1.82) is 0 Å². The third-order valence-electron chi connectivity index (χ3n) is 3.12. The maximum atomic E-state index is 12.5. The second-order valence-electron chi connectivity index (χ2n) is 4.92. The summed E-state index contributed by atoms with van der Waals surface area (Å²) in [6, 6.07) is 4.94. The summed E-state index contributed by atoms with van der Waals surface area (Å²) in [6.45, 7) is 3.76. The number of carbonyl (C=O) groups excluding carboxylic acids is 1. The molecule has 112 valence electrons. The average molecular weight is 354 g/mol. The normalized spacial score (nSPS) is 12.4. The Morgan fingerprint density at radius 3 is 2.81 bits per heavy atom. The summed E-state index contributed by atoms with van der Waals surface area (Å²) in [6.07, 6.45) is 1.42. The molecule has 0 fully saturated rings. The molecule has 8 heteroatoms. The molecule has 0 aliphatic carbocycles. The van der Waals surface area contributed by atoms with Gasteiger partial charge in [-0.1, -0.05) is 29.8 Å². The molecule has 0 aliphatic rings. The van der Waals surface area contributed by atoms with Crippen LogP contribution < -0.4 is 5.32 Å². The van der Waals surface area contributed by atoms with Crippen molar-refractivity contribution in [2.75, 3.05) is 6.61 Å². The van der Waals surface area contributed by atoms with Gasteiger partial charge >= 0.3 is 0 Å². The van der Waals surface area contributed by atoms with E-state index in [2.05, 4.69) is 36.8 Å². The first kappa shape index (κ1) is 15.6. The summed E-state index contributed by atoms with van der Waals surface area (Å²) < 4.78 is 2.19. The van der Waals surface area contributed by atoms with Crippen molar-refractivity contribution in [3.05, 3.63) is 34.6 Å². The highest BCUT2D eigenvalue weighted by atomic mass is 79.9. The SMILES string of the molecule is CC(C)[C@H](CO)NC(=O)c1cc(Br)ccc1-n1cnnn1. The number of tetrazole rings is 1. The lowest BCUT2D eigenvalue weighted by Crippen LogP contribution is -2.41. The molecule has 0 saturated heterocycles. The third kappa shape index (κ3) is 3.64. The fourth-order valence-corrected chi connectivity index (χ4v) is 2.19. The summed E-state index contributed by atoms with van der Waals surface area (Å²) in [7, 11) is 0. The third-order valence-corrected chi connectivity index (χ3v) is 3.61. The van der Waals surface area contributed by atoms with Gasteiger partial charge in [0.1, 0.15) is 6.33 Å². The van der Waals surface area contributed by atoms with Crippen LogP contribution in [0.2, 0.25) is 0 Å². The molecule has 1 amide bonds. The minimum Gasteiger partial charge on any atom is -0.394 e. The van der Waals surface area contributed by atoms with E-state index in [0.29, 0.717) is 11.3 Å². The van der Waals surface area contributed by atoms with Crippen LogP contribution in [0.5, 0.6) is 0 Å². The van der Waals surface area contributed by atoms with E-state index in [0.717, 1.165) is 4.47 Å². The van der Waals surface area contributed by atoms with Crippen molar-refractivity contribution in [1.82, 2.24) is 25.5 Å². The molecule has 0 bridgehead atoms. The van der Waals surface area contributed by atoms with Crippen molar-refractivity contribution < 1.29 is 9.90 Å². The number of rotatable bonds is 5. The number of amides is 1. The minimum absolute atomic E-state index is 0.113. The van der Waals surface area contributed by atoms with Gasteiger partial charge in [-0.15, -0.1) is 5.10 Å². The highest BCUT2D eigenvalue weighted by Gasteiger charge is 2.19. The van der Waals surface area contributed by atoms with E-state index in [1.165, 1.54) is 11.0 Å². The highest BCUT2D eigenvalue weighted by molar-refractivity contribution is 9.10. The Labute approximate surface area is 130 Å². The molecule has 0 aliphatic heterocycles. The molecular weight excluding hydrogens is 338 g/mol. The smallest absolute Gasteiger partial charge is 0.253 e. The summed E-state index contributed by atoms with van der Waals surface area (Å²) in [5.74, 6) is -0.155. The van der Waals surface area contributed by atoms with Crippen LogP contribution in [0.1, 0.15) is 24.2 Å². The molecule has 0 unspecified atom stereocenters. The monoisotopic (exact) mass is 353 g/mol.